The molecule has 4 bridgehead atoms. The molecule has 0 radical (unpaired) electrons. The number of hydrogen-bond donors (Lipinski definition) is 1. The maximum atomic E-state index is 11.2. The highest BCUT2D eigenvalue weighted by molar-refractivity contribution is 5.98. The Morgan fingerprint density at radius 2 is 2.27 bits per heavy atom. The summed E-state index contributed by atoms with van der Waals surface area (Å²) in [4.78, 5) is 21.9. The normalized spacial score (nSPS) is 56.7. The van der Waals surface area contributed by atoms with Crippen molar-refractivity contribution < 1.29 is 14.7 Å². The first-order valence-corrected chi connectivity index (χ1v) is 3.98. The number of carbonyl (C=O) groups is 2. The number of carbonyl (C=O) groups excluding carboxylic acids is 1. The molecule has 0 heterocycles. The number of hydrogen-bond acceptors (Lipinski definition) is 2. The van der Waals surface area contributed by atoms with Gasteiger partial charge < -0.3 is 5.11 Å². The van der Waals surface area contributed by atoms with Crippen LogP contribution in [0, 0.1) is 29.6 Å². The van der Waals surface area contributed by atoms with E-state index in [0.29, 0.717) is 5.92 Å². The molecule has 0 unspecified atom stereocenters. The van der Waals surface area contributed by atoms with Crippen molar-refractivity contribution in [2.24, 2.45) is 29.6 Å². The van der Waals surface area contributed by atoms with Crippen LogP contribution in [0.1, 0.15) is 6.42 Å². The Labute approximate surface area is 63.4 Å². The fraction of sp³-hybridized carbons (Fsp3) is 0.750. The van der Waals surface area contributed by atoms with E-state index in [0.717, 1.165) is 6.42 Å². The van der Waals surface area contributed by atoms with Gasteiger partial charge in [-0.1, -0.05) is 0 Å². The molecule has 4 fully saturated rings. The molecule has 4 rings (SSSR count). The molecule has 3 nitrogen and oxygen atoms in total. The van der Waals surface area contributed by atoms with Crippen LogP contribution in [0.3, 0.4) is 0 Å². The summed E-state index contributed by atoms with van der Waals surface area (Å²) in [6.45, 7) is 0. The summed E-state index contributed by atoms with van der Waals surface area (Å²) in [5.41, 5.74) is 0. The van der Waals surface area contributed by atoms with Gasteiger partial charge in [0.2, 0.25) is 0 Å². The van der Waals surface area contributed by atoms with E-state index >= 15 is 0 Å². The zero-order valence-electron chi connectivity index (χ0n) is 5.86. The fourth-order valence-corrected chi connectivity index (χ4v) is 3.18. The first kappa shape index (κ1) is 5.75. The molecule has 0 aliphatic heterocycles. The maximum Gasteiger partial charge on any atom is 0.307 e. The molecule has 0 amide bonds. The van der Waals surface area contributed by atoms with Gasteiger partial charge in [0.05, 0.1) is 5.92 Å². The van der Waals surface area contributed by atoms with Crippen LogP contribution in [0.4, 0.5) is 0 Å². The quantitative estimate of drug-likeness (QED) is 0.582. The molecular formula is C8H8O3. The van der Waals surface area contributed by atoms with Crippen LogP contribution in [0.15, 0.2) is 0 Å². The molecule has 3 heteroatoms. The number of ketones is 1. The van der Waals surface area contributed by atoms with E-state index in [1.54, 1.807) is 0 Å². The van der Waals surface area contributed by atoms with Gasteiger partial charge >= 0.3 is 5.97 Å². The second kappa shape index (κ2) is 1.36. The van der Waals surface area contributed by atoms with Crippen molar-refractivity contribution in [1.29, 1.82) is 0 Å². The number of Topliss-reactive ketones (excluding diaryl/α,β-unsaturated/α-hetero) is 1. The Morgan fingerprint density at radius 3 is 2.45 bits per heavy atom. The SMILES string of the molecule is O=C(O)[C@@H]1[C@H]2[C@H]3C[C@H]1C(=O)[C@H]32. The summed E-state index contributed by atoms with van der Waals surface area (Å²) >= 11 is 0. The maximum absolute atomic E-state index is 11.2. The van der Waals surface area contributed by atoms with Gasteiger partial charge in [-0.3, -0.25) is 9.59 Å². The van der Waals surface area contributed by atoms with E-state index in [1.807, 2.05) is 0 Å². The average Bonchev–Trinajstić information content (AvgIpc) is 2.33. The fourth-order valence-electron chi connectivity index (χ4n) is 3.18. The number of rotatable bonds is 1. The van der Waals surface area contributed by atoms with Crippen molar-refractivity contribution >= 4 is 11.8 Å². The molecule has 4 saturated carbocycles. The van der Waals surface area contributed by atoms with Gasteiger partial charge in [-0.2, -0.15) is 0 Å². The zero-order valence-corrected chi connectivity index (χ0v) is 5.86. The lowest BCUT2D eigenvalue weighted by atomic mass is 9.98. The van der Waals surface area contributed by atoms with E-state index in [4.69, 9.17) is 5.11 Å². The second-order valence-electron chi connectivity index (χ2n) is 3.88. The minimum Gasteiger partial charge on any atom is -0.481 e. The van der Waals surface area contributed by atoms with Gasteiger partial charge in [0.1, 0.15) is 5.78 Å². The van der Waals surface area contributed by atoms with E-state index in [-0.39, 0.29) is 29.5 Å². The van der Waals surface area contributed by atoms with Crippen LogP contribution in [0.25, 0.3) is 0 Å². The average molecular weight is 152 g/mol. The molecule has 4 aliphatic carbocycles. The number of aliphatic carboxylic acids is 1. The van der Waals surface area contributed by atoms with Gasteiger partial charge in [0, 0.05) is 11.8 Å². The number of carboxylic acids is 1. The van der Waals surface area contributed by atoms with Crippen LogP contribution < -0.4 is 0 Å². The van der Waals surface area contributed by atoms with Crippen molar-refractivity contribution in [2.45, 2.75) is 6.42 Å². The van der Waals surface area contributed by atoms with Crippen LogP contribution in [-0.2, 0) is 9.59 Å². The highest BCUT2D eigenvalue weighted by atomic mass is 16.4. The van der Waals surface area contributed by atoms with Crippen molar-refractivity contribution in [3.8, 4) is 0 Å². The monoisotopic (exact) mass is 152 g/mol. The molecule has 0 aromatic rings. The third-order valence-electron chi connectivity index (χ3n) is 3.58. The van der Waals surface area contributed by atoms with Crippen LogP contribution in [0.2, 0.25) is 0 Å². The van der Waals surface area contributed by atoms with Gasteiger partial charge in [0.15, 0.2) is 0 Å². The Morgan fingerprint density at radius 1 is 1.55 bits per heavy atom. The molecule has 0 saturated heterocycles. The standard InChI is InChI=1S/C8H8O3/c9-7-3-1-2-4(5(2)7)6(3)8(10)11/h2-6H,1H2,(H,10,11)/t2-,3-,4+,5-,6+/m1/s1. The molecule has 0 spiro atoms. The minimum absolute atomic E-state index is 0.104. The van der Waals surface area contributed by atoms with Crippen molar-refractivity contribution in [3.05, 3.63) is 0 Å². The lowest BCUT2D eigenvalue weighted by Gasteiger charge is -2.05. The summed E-state index contributed by atoms with van der Waals surface area (Å²) in [6, 6.07) is 0. The van der Waals surface area contributed by atoms with Crippen LogP contribution in [-0.4, -0.2) is 16.9 Å². The van der Waals surface area contributed by atoms with Gasteiger partial charge in [-0.15, -0.1) is 0 Å². The predicted molar refractivity (Wildman–Crippen MR) is 34.7 cm³/mol. The third-order valence-corrected chi connectivity index (χ3v) is 3.58. The molecule has 0 aromatic heterocycles. The van der Waals surface area contributed by atoms with Crippen molar-refractivity contribution in [2.75, 3.05) is 0 Å². The molecule has 0 aromatic carbocycles. The highest BCUT2D eigenvalue weighted by Gasteiger charge is 2.75. The number of carboxylic acid groups (broad SMARTS) is 1. The van der Waals surface area contributed by atoms with E-state index in [1.165, 1.54) is 0 Å². The molecule has 11 heavy (non-hydrogen) atoms. The molecule has 4 aliphatic rings. The lowest BCUT2D eigenvalue weighted by molar-refractivity contribution is -0.144. The van der Waals surface area contributed by atoms with Gasteiger partial charge in [0.25, 0.3) is 0 Å². The molecule has 58 valence electrons. The predicted octanol–water partition coefficient (Wildman–Crippen LogP) is 0.152. The van der Waals surface area contributed by atoms with Crippen LogP contribution >= 0.6 is 0 Å². The van der Waals surface area contributed by atoms with Crippen molar-refractivity contribution in [3.63, 3.8) is 0 Å². The Hall–Kier alpha value is -0.860. The second-order valence-corrected chi connectivity index (χ2v) is 3.88. The first-order chi connectivity index (χ1) is 5.22. The molecule has 1 N–H and O–H groups in total. The summed E-state index contributed by atoms with van der Waals surface area (Å²) in [7, 11) is 0. The van der Waals surface area contributed by atoms with Gasteiger partial charge in [-0.25, -0.2) is 0 Å². The third kappa shape index (κ3) is 0.424. The lowest BCUT2D eigenvalue weighted by Crippen LogP contribution is -2.19. The van der Waals surface area contributed by atoms with Crippen LogP contribution in [0.5, 0.6) is 0 Å². The summed E-state index contributed by atoms with van der Waals surface area (Å²) in [6.07, 6.45) is 0.866. The van der Waals surface area contributed by atoms with E-state index in [2.05, 4.69) is 0 Å². The smallest absolute Gasteiger partial charge is 0.307 e. The minimum atomic E-state index is -0.754. The Balaban J connectivity index is 2.03. The zero-order chi connectivity index (χ0) is 7.75. The highest BCUT2D eigenvalue weighted by Crippen LogP contribution is 2.71. The van der Waals surface area contributed by atoms with E-state index in [9.17, 15) is 9.59 Å². The Bertz CT molecular complexity index is 271. The van der Waals surface area contributed by atoms with Crippen molar-refractivity contribution in [1.82, 2.24) is 0 Å². The summed E-state index contributed by atoms with van der Waals surface area (Å²) < 4.78 is 0. The topological polar surface area (TPSA) is 54.4 Å². The summed E-state index contributed by atoms with van der Waals surface area (Å²) in [5.74, 6) is -0.0482. The van der Waals surface area contributed by atoms with Gasteiger partial charge in [-0.05, 0) is 18.3 Å². The Kier molecular flexibility index (Phi) is 0.708. The molecular weight excluding hydrogens is 144 g/mol. The van der Waals surface area contributed by atoms with E-state index < -0.39 is 5.97 Å². The largest absolute Gasteiger partial charge is 0.481 e. The first-order valence-electron chi connectivity index (χ1n) is 3.98. The summed E-state index contributed by atoms with van der Waals surface area (Å²) in [5, 5.41) is 8.77. The molecule has 5 atom stereocenters.